The van der Waals surface area contributed by atoms with Crippen LogP contribution in [0.15, 0.2) is 35.0 Å². The summed E-state index contributed by atoms with van der Waals surface area (Å²) in [6, 6.07) is 8.31. The highest BCUT2D eigenvalue weighted by molar-refractivity contribution is 7.10. The third-order valence-electron chi connectivity index (χ3n) is 3.59. The summed E-state index contributed by atoms with van der Waals surface area (Å²) in [6.45, 7) is 3.66. The van der Waals surface area contributed by atoms with Gasteiger partial charge in [-0.05, 0) is 35.2 Å². The zero-order chi connectivity index (χ0) is 13.2. The number of carbonyl (C=O) groups is 1. The molecule has 0 radical (unpaired) electrons. The summed E-state index contributed by atoms with van der Waals surface area (Å²) in [5, 5.41) is 4.14. The molecule has 2 nitrogen and oxygen atoms in total. The standard InChI is InChI=1S/C15H17NOS2/c1-11-8-14(11)15(17)16(9-12-4-2-6-18-12)10-13-5-3-7-19-13/h2-7,11,14H,8-10H2,1H3. The molecule has 0 aliphatic heterocycles. The third kappa shape index (κ3) is 3.07. The van der Waals surface area contributed by atoms with Crippen molar-refractivity contribution in [3.63, 3.8) is 0 Å². The molecule has 2 aromatic heterocycles. The first-order valence-electron chi connectivity index (χ1n) is 6.57. The Morgan fingerprint density at radius 3 is 2.11 bits per heavy atom. The van der Waals surface area contributed by atoms with Crippen LogP contribution in [-0.4, -0.2) is 10.8 Å². The quantitative estimate of drug-likeness (QED) is 0.815. The fraction of sp³-hybridized carbons (Fsp3) is 0.400. The van der Waals surface area contributed by atoms with Crippen molar-refractivity contribution in [3.8, 4) is 0 Å². The summed E-state index contributed by atoms with van der Waals surface area (Å²) in [7, 11) is 0. The van der Waals surface area contributed by atoms with E-state index in [2.05, 4.69) is 29.8 Å². The Labute approximate surface area is 121 Å². The van der Waals surface area contributed by atoms with Crippen LogP contribution in [0.1, 0.15) is 23.1 Å². The van der Waals surface area contributed by atoms with Crippen molar-refractivity contribution in [2.24, 2.45) is 11.8 Å². The summed E-state index contributed by atoms with van der Waals surface area (Å²) in [5.74, 6) is 1.16. The van der Waals surface area contributed by atoms with Gasteiger partial charge < -0.3 is 4.90 Å². The molecule has 1 aliphatic rings. The number of hydrogen-bond acceptors (Lipinski definition) is 3. The van der Waals surface area contributed by atoms with Crippen molar-refractivity contribution in [2.45, 2.75) is 26.4 Å². The normalized spacial score (nSPS) is 21.3. The number of nitrogens with zero attached hydrogens (tertiary/aromatic N) is 1. The van der Waals surface area contributed by atoms with Crippen LogP contribution in [-0.2, 0) is 17.9 Å². The van der Waals surface area contributed by atoms with Crippen LogP contribution in [0.25, 0.3) is 0 Å². The number of carbonyl (C=O) groups excluding carboxylic acids is 1. The molecule has 1 aliphatic carbocycles. The molecule has 1 amide bonds. The van der Waals surface area contributed by atoms with Crippen LogP contribution in [0.4, 0.5) is 0 Å². The summed E-state index contributed by atoms with van der Waals surface area (Å²) < 4.78 is 0. The summed E-state index contributed by atoms with van der Waals surface area (Å²) >= 11 is 3.45. The van der Waals surface area contributed by atoms with Crippen molar-refractivity contribution in [1.29, 1.82) is 0 Å². The van der Waals surface area contributed by atoms with Gasteiger partial charge in [0, 0.05) is 15.7 Å². The molecule has 2 unspecified atom stereocenters. The number of thiophene rings is 2. The Balaban J connectivity index is 1.72. The van der Waals surface area contributed by atoms with E-state index < -0.39 is 0 Å². The van der Waals surface area contributed by atoms with Gasteiger partial charge in [0.1, 0.15) is 0 Å². The third-order valence-corrected chi connectivity index (χ3v) is 5.31. The lowest BCUT2D eigenvalue weighted by Crippen LogP contribution is -2.31. The molecule has 0 N–H and O–H groups in total. The maximum atomic E-state index is 12.5. The first-order chi connectivity index (χ1) is 9.24. The minimum absolute atomic E-state index is 0.264. The number of hydrogen-bond donors (Lipinski definition) is 0. The van der Waals surface area contributed by atoms with Gasteiger partial charge in [-0.3, -0.25) is 4.79 Å². The van der Waals surface area contributed by atoms with Crippen LogP contribution in [0.3, 0.4) is 0 Å². The summed E-state index contributed by atoms with van der Waals surface area (Å²) in [4.78, 5) is 17.0. The van der Waals surface area contributed by atoms with Gasteiger partial charge in [-0.15, -0.1) is 22.7 Å². The SMILES string of the molecule is CC1CC1C(=O)N(Cc1cccs1)Cc1cccs1. The van der Waals surface area contributed by atoms with Gasteiger partial charge in [-0.25, -0.2) is 0 Å². The van der Waals surface area contributed by atoms with Crippen molar-refractivity contribution < 1.29 is 4.79 Å². The lowest BCUT2D eigenvalue weighted by Gasteiger charge is -2.21. The molecule has 2 aromatic rings. The Hall–Kier alpha value is -1.13. The van der Waals surface area contributed by atoms with E-state index in [0.29, 0.717) is 11.8 Å². The van der Waals surface area contributed by atoms with Crippen LogP contribution in [0.2, 0.25) is 0 Å². The van der Waals surface area contributed by atoms with E-state index in [1.54, 1.807) is 22.7 Å². The molecule has 4 heteroatoms. The average molecular weight is 291 g/mol. The molecule has 0 aromatic carbocycles. The van der Waals surface area contributed by atoms with Crippen molar-refractivity contribution in [2.75, 3.05) is 0 Å². The minimum atomic E-state index is 0.264. The Kier molecular flexibility index (Phi) is 3.71. The van der Waals surface area contributed by atoms with E-state index in [9.17, 15) is 4.79 Å². The predicted molar refractivity (Wildman–Crippen MR) is 80.2 cm³/mol. The first kappa shape index (κ1) is 12.9. The van der Waals surface area contributed by atoms with Crippen LogP contribution in [0.5, 0.6) is 0 Å². The van der Waals surface area contributed by atoms with E-state index in [4.69, 9.17) is 0 Å². The Bertz CT molecular complexity index is 496. The van der Waals surface area contributed by atoms with Crippen molar-refractivity contribution in [3.05, 3.63) is 44.8 Å². The summed E-state index contributed by atoms with van der Waals surface area (Å²) in [6.07, 6.45) is 1.06. The molecule has 0 bridgehead atoms. The van der Waals surface area contributed by atoms with E-state index in [-0.39, 0.29) is 5.92 Å². The topological polar surface area (TPSA) is 20.3 Å². The van der Waals surface area contributed by atoms with E-state index >= 15 is 0 Å². The predicted octanol–water partition coefficient (Wildman–Crippen LogP) is 3.99. The average Bonchev–Trinajstić information content (AvgIpc) is 2.88. The molecular weight excluding hydrogens is 274 g/mol. The fourth-order valence-corrected chi connectivity index (χ4v) is 3.73. The largest absolute Gasteiger partial charge is 0.332 e. The van der Waals surface area contributed by atoms with Gasteiger partial charge in [-0.2, -0.15) is 0 Å². The maximum absolute atomic E-state index is 12.5. The lowest BCUT2D eigenvalue weighted by atomic mass is 10.2. The highest BCUT2D eigenvalue weighted by atomic mass is 32.1. The van der Waals surface area contributed by atoms with Gasteiger partial charge in [0.15, 0.2) is 0 Å². The smallest absolute Gasteiger partial charge is 0.226 e. The van der Waals surface area contributed by atoms with Crippen molar-refractivity contribution in [1.82, 2.24) is 4.90 Å². The molecule has 2 heterocycles. The first-order valence-corrected chi connectivity index (χ1v) is 8.33. The molecule has 1 fully saturated rings. The van der Waals surface area contributed by atoms with Crippen LogP contribution < -0.4 is 0 Å². The molecular formula is C15H17NOS2. The van der Waals surface area contributed by atoms with E-state index in [1.807, 2.05) is 17.0 Å². The van der Waals surface area contributed by atoms with Gasteiger partial charge in [0.25, 0.3) is 0 Å². The monoisotopic (exact) mass is 291 g/mol. The highest BCUT2D eigenvalue weighted by Crippen LogP contribution is 2.39. The zero-order valence-electron chi connectivity index (χ0n) is 10.9. The van der Waals surface area contributed by atoms with Crippen LogP contribution in [0, 0.1) is 11.8 Å². The maximum Gasteiger partial charge on any atom is 0.226 e. The van der Waals surface area contributed by atoms with Gasteiger partial charge in [0.2, 0.25) is 5.91 Å². The zero-order valence-corrected chi connectivity index (χ0v) is 12.5. The molecule has 1 saturated carbocycles. The van der Waals surface area contributed by atoms with Gasteiger partial charge >= 0.3 is 0 Å². The lowest BCUT2D eigenvalue weighted by molar-refractivity contribution is -0.134. The van der Waals surface area contributed by atoms with E-state index in [1.165, 1.54) is 9.75 Å². The minimum Gasteiger partial charge on any atom is -0.332 e. The Morgan fingerprint density at radius 1 is 1.21 bits per heavy atom. The molecule has 19 heavy (non-hydrogen) atoms. The number of amides is 1. The van der Waals surface area contributed by atoms with Crippen molar-refractivity contribution >= 4 is 28.6 Å². The second kappa shape index (κ2) is 5.47. The van der Waals surface area contributed by atoms with Crippen LogP contribution >= 0.6 is 22.7 Å². The molecule has 3 rings (SSSR count). The molecule has 0 spiro atoms. The van der Waals surface area contributed by atoms with Gasteiger partial charge in [0.05, 0.1) is 13.1 Å². The summed E-state index contributed by atoms with van der Waals surface area (Å²) in [5.41, 5.74) is 0. The second-order valence-corrected chi connectivity index (χ2v) is 7.24. The molecule has 100 valence electrons. The second-order valence-electron chi connectivity index (χ2n) is 5.17. The van der Waals surface area contributed by atoms with E-state index in [0.717, 1.165) is 19.5 Å². The van der Waals surface area contributed by atoms with Gasteiger partial charge in [-0.1, -0.05) is 19.1 Å². The molecule has 0 saturated heterocycles. The highest BCUT2D eigenvalue weighted by Gasteiger charge is 2.41. The number of rotatable bonds is 5. The molecule has 2 atom stereocenters. The fourth-order valence-electron chi connectivity index (χ4n) is 2.29. The Morgan fingerprint density at radius 2 is 1.74 bits per heavy atom.